The number of benzene rings is 1. The molecule has 1 aliphatic rings. The Morgan fingerprint density at radius 2 is 2.19 bits per heavy atom. The molecule has 0 unspecified atom stereocenters. The second kappa shape index (κ2) is 6.88. The van der Waals surface area contributed by atoms with E-state index in [1.807, 2.05) is 19.9 Å². The van der Waals surface area contributed by atoms with Crippen molar-refractivity contribution in [1.29, 1.82) is 0 Å². The van der Waals surface area contributed by atoms with Crippen LogP contribution in [0.3, 0.4) is 0 Å². The summed E-state index contributed by atoms with van der Waals surface area (Å²) in [5.41, 5.74) is 3.95. The van der Waals surface area contributed by atoms with Gasteiger partial charge in [-0.15, -0.1) is 0 Å². The summed E-state index contributed by atoms with van der Waals surface area (Å²) < 4.78 is 5.33. The Balaban J connectivity index is 2.03. The van der Waals surface area contributed by atoms with Gasteiger partial charge < -0.3 is 4.74 Å². The zero-order valence-corrected chi connectivity index (χ0v) is 12.3. The van der Waals surface area contributed by atoms with E-state index in [0.29, 0.717) is 11.4 Å². The van der Waals surface area contributed by atoms with Crippen molar-refractivity contribution in [2.75, 3.05) is 18.1 Å². The molecule has 6 heteroatoms. The van der Waals surface area contributed by atoms with Crippen LogP contribution in [-0.2, 0) is 9.59 Å². The highest BCUT2D eigenvalue weighted by atomic mass is 16.5. The Morgan fingerprint density at radius 1 is 1.43 bits per heavy atom. The van der Waals surface area contributed by atoms with Crippen molar-refractivity contribution < 1.29 is 14.3 Å². The van der Waals surface area contributed by atoms with E-state index in [2.05, 4.69) is 10.5 Å². The maximum atomic E-state index is 11.9. The van der Waals surface area contributed by atoms with E-state index in [9.17, 15) is 9.59 Å². The average molecular weight is 289 g/mol. The Bertz CT molecular complexity index is 569. The summed E-state index contributed by atoms with van der Waals surface area (Å²) in [6, 6.07) is 7.15. The Morgan fingerprint density at radius 3 is 2.95 bits per heavy atom. The van der Waals surface area contributed by atoms with E-state index in [0.717, 1.165) is 18.6 Å². The number of amides is 2. The highest BCUT2D eigenvalue weighted by Crippen LogP contribution is 2.30. The van der Waals surface area contributed by atoms with E-state index in [-0.39, 0.29) is 25.0 Å². The molecular weight excluding hydrogens is 270 g/mol. The lowest BCUT2D eigenvalue weighted by atomic mass is 10.2. The third-order valence-electron chi connectivity index (χ3n) is 3.09. The number of carbonyl (C=O) groups is 2. The lowest BCUT2D eigenvalue weighted by molar-refractivity contribution is -0.125. The molecule has 1 heterocycles. The standard InChI is InChI=1S/C15H19N3O3/c1-3-6-11(2)16-17-14(19)9-18-12-7-4-5-8-13(12)21-10-15(18)20/h4-5,7-8H,3,6,9-10H2,1-2H3,(H,17,19)/b16-11-. The van der Waals surface area contributed by atoms with Gasteiger partial charge in [-0.25, -0.2) is 5.43 Å². The van der Waals surface area contributed by atoms with Gasteiger partial charge >= 0.3 is 0 Å². The lowest BCUT2D eigenvalue weighted by Gasteiger charge is -2.28. The van der Waals surface area contributed by atoms with Gasteiger partial charge in [0.15, 0.2) is 6.61 Å². The molecule has 1 aliphatic heterocycles. The Hall–Kier alpha value is -2.37. The summed E-state index contributed by atoms with van der Waals surface area (Å²) in [4.78, 5) is 25.3. The van der Waals surface area contributed by atoms with Gasteiger partial charge in [-0.05, 0) is 25.5 Å². The van der Waals surface area contributed by atoms with Crippen LogP contribution in [-0.4, -0.2) is 30.7 Å². The number of anilines is 1. The lowest BCUT2D eigenvalue weighted by Crippen LogP contribution is -2.44. The normalized spacial score (nSPS) is 14.5. The van der Waals surface area contributed by atoms with Crippen LogP contribution in [0.1, 0.15) is 26.7 Å². The fourth-order valence-corrected chi connectivity index (χ4v) is 2.08. The van der Waals surface area contributed by atoms with Gasteiger partial charge in [0.1, 0.15) is 12.3 Å². The number of hydrazone groups is 1. The van der Waals surface area contributed by atoms with Crippen molar-refractivity contribution in [3.8, 4) is 5.75 Å². The van der Waals surface area contributed by atoms with Gasteiger partial charge in [-0.1, -0.05) is 25.5 Å². The van der Waals surface area contributed by atoms with Crippen molar-refractivity contribution in [2.45, 2.75) is 26.7 Å². The Kier molecular flexibility index (Phi) is 4.92. The number of hydrogen-bond acceptors (Lipinski definition) is 4. The molecule has 1 aromatic carbocycles. The Labute approximate surface area is 123 Å². The van der Waals surface area contributed by atoms with Crippen LogP contribution in [0.4, 0.5) is 5.69 Å². The molecule has 21 heavy (non-hydrogen) atoms. The zero-order chi connectivity index (χ0) is 15.2. The minimum Gasteiger partial charge on any atom is -0.482 e. The molecule has 0 fully saturated rings. The number of fused-ring (bicyclic) bond motifs is 1. The quantitative estimate of drug-likeness (QED) is 0.662. The molecule has 0 saturated heterocycles. The van der Waals surface area contributed by atoms with Crippen LogP contribution < -0.4 is 15.1 Å². The molecule has 2 amide bonds. The SMILES string of the molecule is CCC/C(C)=N\NC(=O)CN1C(=O)COc2ccccc21. The summed E-state index contributed by atoms with van der Waals surface area (Å²) in [6.45, 7) is 3.79. The third kappa shape index (κ3) is 3.81. The number of para-hydroxylation sites is 2. The van der Waals surface area contributed by atoms with Crippen molar-refractivity contribution in [1.82, 2.24) is 5.43 Å². The second-order valence-corrected chi connectivity index (χ2v) is 4.87. The number of rotatable bonds is 5. The fourth-order valence-electron chi connectivity index (χ4n) is 2.08. The van der Waals surface area contributed by atoms with E-state index < -0.39 is 0 Å². The van der Waals surface area contributed by atoms with Crippen LogP contribution in [0.15, 0.2) is 29.4 Å². The van der Waals surface area contributed by atoms with Crippen molar-refractivity contribution in [2.24, 2.45) is 5.10 Å². The predicted octanol–water partition coefficient (Wildman–Crippen LogP) is 1.70. The van der Waals surface area contributed by atoms with Gasteiger partial charge in [0, 0.05) is 5.71 Å². The van der Waals surface area contributed by atoms with E-state index in [1.54, 1.807) is 18.2 Å². The van der Waals surface area contributed by atoms with E-state index in [4.69, 9.17) is 4.74 Å². The molecule has 112 valence electrons. The first-order valence-corrected chi connectivity index (χ1v) is 6.96. The van der Waals surface area contributed by atoms with Gasteiger partial charge in [-0.3, -0.25) is 14.5 Å². The number of ether oxygens (including phenoxy) is 1. The monoisotopic (exact) mass is 289 g/mol. The molecule has 0 bridgehead atoms. The number of hydrogen-bond donors (Lipinski definition) is 1. The number of carbonyl (C=O) groups excluding carboxylic acids is 2. The van der Waals surface area contributed by atoms with Crippen molar-refractivity contribution >= 4 is 23.2 Å². The van der Waals surface area contributed by atoms with Crippen LogP contribution >= 0.6 is 0 Å². The minimum absolute atomic E-state index is 0.0532. The van der Waals surface area contributed by atoms with Crippen LogP contribution in [0.2, 0.25) is 0 Å². The van der Waals surface area contributed by atoms with Crippen molar-refractivity contribution in [3.05, 3.63) is 24.3 Å². The molecule has 0 radical (unpaired) electrons. The summed E-state index contributed by atoms with van der Waals surface area (Å²) in [5, 5.41) is 4.01. The largest absolute Gasteiger partial charge is 0.482 e. The highest BCUT2D eigenvalue weighted by molar-refractivity contribution is 6.02. The maximum Gasteiger partial charge on any atom is 0.265 e. The molecule has 1 aromatic rings. The molecular formula is C15H19N3O3. The second-order valence-electron chi connectivity index (χ2n) is 4.87. The summed E-state index contributed by atoms with van der Waals surface area (Å²) in [6.07, 6.45) is 1.81. The summed E-state index contributed by atoms with van der Waals surface area (Å²) >= 11 is 0. The third-order valence-corrected chi connectivity index (χ3v) is 3.09. The van der Waals surface area contributed by atoms with E-state index in [1.165, 1.54) is 4.90 Å². The molecule has 0 aromatic heterocycles. The van der Waals surface area contributed by atoms with Gasteiger partial charge in [0.25, 0.3) is 11.8 Å². The molecule has 2 rings (SSSR count). The summed E-state index contributed by atoms with van der Waals surface area (Å²) in [5.74, 6) is 0.0455. The molecule has 0 atom stereocenters. The summed E-state index contributed by atoms with van der Waals surface area (Å²) in [7, 11) is 0. The van der Waals surface area contributed by atoms with Crippen LogP contribution in [0.25, 0.3) is 0 Å². The first-order chi connectivity index (χ1) is 10.1. The number of nitrogens with one attached hydrogen (secondary N) is 1. The smallest absolute Gasteiger partial charge is 0.265 e. The molecule has 1 N–H and O–H groups in total. The van der Waals surface area contributed by atoms with Crippen LogP contribution in [0, 0.1) is 0 Å². The van der Waals surface area contributed by atoms with Crippen LogP contribution in [0.5, 0.6) is 5.75 Å². The highest BCUT2D eigenvalue weighted by Gasteiger charge is 2.26. The van der Waals surface area contributed by atoms with Gasteiger partial charge in [0.2, 0.25) is 0 Å². The molecule has 0 saturated carbocycles. The van der Waals surface area contributed by atoms with Crippen molar-refractivity contribution in [3.63, 3.8) is 0 Å². The minimum atomic E-state index is -0.324. The predicted molar refractivity (Wildman–Crippen MR) is 80.4 cm³/mol. The molecule has 0 aliphatic carbocycles. The number of nitrogens with zero attached hydrogens (tertiary/aromatic N) is 2. The van der Waals surface area contributed by atoms with Gasteiger partial charge in [0.05, 0.1) is 5.69 Å². The first-order valence-electron chi connectivity index (χ1n) is 6.96. The first kappa shape index (κ1) is 15.0. The molecule has 0 spiro atoms. The maximum absolute atomic E-state index is 11.9. The zero-order valence-electron chi connectivity index (χ0n) is 12.3. The fraction of sp³-hybridized carbons (Fsp3) is 0.400. The molecule has 6 nitrogen and oxygen atoms in total. The van der Waals surface area contributed by atoms with E-state index >= 15 is 0 Å². The van der Waals surface area contributed by atoms with Gasteiger partial charge in [-0.2, -0.15) is 5.10 Å². The average Bonchev–Trinajstić information content (AvgIpc) is 2.48. The topological polar surface area (TPSA) is 71.0 Å².